The molecule has 3 aromatic rings. The molecule has 1 aliphatic heterocycles. The van der Waals surface area contributed by atoms with E-state index in [0.717, 1.165) is 37.1 Å². The van der Waals surface area contributed by atoms with Crippen LogP contribution in [0.25, 0.3) is 11.3 Å². The van der Waals surface area contributed by atoms with E-state index in [1.165, 1.54) is 17.4 Å². The Bertz CT molecular complexity index is 958. The number of hydrogen-bond donors (Lipinski definition) is 1. The molecule has 0 spiro atoms. The standard InChI is InChI=1S/C19H20FN7S.HI/c20-15-5-2-1-4-14(15)16-13-28-17(25-16)12-24-18(21)26-8-10-27(11-9-26)19-22-6-3-7-23-19;/h1-7,13H,8-12H2,(H2,21,24);1H. The second kappa shape index (κ2) is 9.92. The maximum atomic E-state index is 13.9. The highest BCUT2D eigenvalue weighted by Crippen LogP contribution is 2.24. The lowest BCUT2D eigenvalue weighted by molar-refractivity contribution is 0.378. The van der Waals surface area contributed by atoms with Gasteiger partial charge < -0.3 is 15.5 Å². The summed E-state index contributed by atoms with van der Waals surface area (Å²) in [5.74, 6) is 0.958. The number of anilines is 1. The van der Waals surface area contributed by atoms with E-state index in [1.807, 2.05) is 10.3 Å². The van der Waals surface area contributed by atoms with Crippen molar-refractivity contribution in [2.45, 2.75) is 6.54 Å². The lowest BCUT2D eigenvalue weighted by atomic mass is 10.2. The second-order valence-corrected chi connectivity index (χ2v) is 7.25. The average molecular weight is 525 g/mol. The van der Waals surface area contributed by atoms with Crippen molar-refractivity contribution in [3.8, 4) is 11.3 Å². The largest absolute Gasteiger partial charge is 0.370 e. The lowest BCUT2D eigenvalue weighted by Crippen LogP contribution is -2.51. The summed E-state index contributed by atoms with van der Waals surface area (Å²) in [7, 11) is 0. The van der Waals surface area contributed by atoms with Gasteiger partial charge in [-0.25, -0.2) is 24.3 Å². The molecule has 0 amide bonds. The molecule has 0 aliphatic carbocycles. The highest BCUT2D eigenvalue weighted by atomic mass is 127. The van der Waals surface area contributed by atoms with Gasteiger partial charge >= 0.3 is 0 Å². The first-order chi connectivity index (χ1) is 13.7. The van der Waals surface area contributed by atoms with E-state index in [-0.39, 0.29) is 29.8 Å². The Hall–Kier alpha value is -2.34. The Morgan fingerprint density at radius 1 is 1.10 bits per heavy atom. The van der Waals surface area contributed by atoms with Gasteiger partial charge in [0, 0.05) is 49.5 Å². The zero-order valence-electron chi connectivity index (χ0n) is 15.6. The van der Waals surface area contributed by atoms with Crippen molar-refractivity contribution in [3.63, 3.8) is 0 Å². The van der Waals surface area contributed by atoms with Gasteiger partial charge in [0.1, 0.15) is 10.8 Å². The molecular formula is C19H21FIN7S. The van der Waals surface area contributed by atoms with Crippen molar-refractivity contribution in [2.24, 2.45) is 10.7 Å². The van der Waals surface area contributed by atoms with E-state index in [9.17, 15) is 4.39 Å². The number of rotatable bonds is 4. The number of piperazine rings is 1. The van der Waals surface area contributed by atoms with Crippen LogP contribution in [0.3, 0.4) is 0 Å². The number of hydrogen-bond acceptors (Lipinski definition) is 6. The Kier molecular flexibility index (Phi) is 7.31. The fourth-order valence-corrected chi connectivity index (χ4v) is 3.73. The maximum absolute atomic E-state index is 13.9. The molecule has 4 rings (SSSR count). The van der Waals surface area contributed by atoms with Gasteiger partial charge in [0.25, 0.3) is 0 Å². The summed E-state index contributed by atoms with van der Waals surface area (Å²) in [5, 5.41) is 2.65. The summed E-state index contributed by atoms with van der Waals surface area (Å²) >= 11 is 1.46. The lowest BCUT2D eigenvalue weighted by Gasteiger charge is -2.35. The van der Waals surface area contributed by atoms with Crippen molar-refractivity contribution in [1.82, 2.24) is 19.9 Å². The van der Waals surface area contributed by atoms with Crippen LogP contribution in [-0.2, 0) is 6.54 Å². The highest BCUT2D eigenvalue weighted by Gasteiger charge is 2.20. The van der Waals surface area contributed by atoms with Crippen molar-refractivity contribution in [3.05, 3.63) is 58.9 Å². The molecule has 1 saturated heterocycles. The molecule has 0 bridgehead atoms. The van der Waals surface area contributed by atoms with Crippen LogP contribution in [-0.4, -0.2) is 52.0 Å². The zero-order valence-corrected chi connectivity index (χ0v) is 18.8. The van der Waals surface area contributed by atoms with E-state index in [1.54, 1.807) is 36.7 Å². The number of nitrogens with zero attached hydrogens (tertiary/aromatic N) is 6. The molecule has 0 atom stereocenters. The summed E-state index contributed by atoms with van der Waals surface area (Å²) in [4.78, 5) is 21.7. The average Bonchev–Trinajstić information content (AvgIpc) is 3.22. The summed E-state index contributed by atoms with van der Waals surface area (Å²) in [5.41, 5.74) is 7.29. The number of benzene rings is 1. The molecule has 1 aromatic carbocycles. The van der Waals surface area contributed by atoms with Gasteiger partial charge in [0.2, 0.25) is 5.95 Å². The third-order valence-electron chi connectivity index (χ3n) is 4.52. The quantitative estimate of drug-likeness (QED) is 0.321. The van der Waals surface area contributed by atoms with Crippen LogP contribution in [0, 0.1) is 5.82 Å². The van der Waals surface area contributed by atoms with Crippen molar-refractivity contribution in [2.75, 3.05) is 31.1 Å². The zero-order chi connectivity index (χ0) is 19.3. The molecule has 0 radical (unpaired) electrons. The summed E-state index contributed by atoms with van der Waals surface area (Å²) in [6, 6.07) is 8.43. The topological polar surface area (TPSA) is 83.5 Å². The molecule has 10 heteroatoms. The number of thiazole rings is 1. The summed E-state index contributed by atoms with van der Waals surface area (Å²) in [6.45, 7) is 3.47. The fraction of sp³-hybridized carbons (Fsp3) is 0.263. The first kappa shape index (κ1) is 21.4. The smallest absolute Gasteiger partial charge is 0.225 e. The van der Waals surface area contributed by atoms with E-state index in [0.29, 0.717) is 23.8 Å². The number of halogens is 2. The van der Waals surface area contributed by atoms with Crippen LogP contribution >= 0.6 is 35.3 Å². The molecule has 3 heterocycles. The van der Waals surface area contributed by atoms with Crippen LogP contribution in [0.15, 0.2) is 53.1 Å². The molecule has 2 aromatic heterocycles. The van der Waals surface area contributed by atoms with Gasteiger partial charge in [-0.1, -0.05) is 12.1 Å². The predicted octanol–water partition coefficient (Wildman–Crippen LogP) is 2.99. The van der Waals surface area contributed by atoms with Crippen molar-refractivity contribution >= 4 is 47.2 Å². The molecule has 152 valence electrons. The van der Waals surface area contributed by atoms with Gasteiger partial charge in [-0.3, -0.25) is 0 Å². The normalized spacial score (nSPS) is 14.6. The minimum atomic E-state index is -0.275. The Morgan fingerprint density at radius 3 is 2.55 bits per heavy atom. The number of aliphatic imine (C=N–C) groups is 1. The summed E-state index contributed by atoms with van der Waals surface area (Å²) in [6.07, 6.45) is 3.49. The Morgan fingerprint density at radius 2 is 1.83 bits per heavy atom. The van der Waals surface area contributed by atoms with Gasteiger partial charge in [0.05, 0.1) is 12.2 Å². The van der Waals surface area contributed by atoms with E-state index < -0.39 is 0 Å². The van der Waals surface area contributed by atoms with Crippen LogP contribution in [0.1, 0.15) is 5.01 Å². The van der Waals surface area contributed by atoms with Gasteiger partial charge in [-0.15, -0.1) is 35.3 Å². The second-order valence-electron chi connectivity index (χ2n) is 6.30. The molecule has 1 fully saturated rings. The first-order valence-corrected chi connectivity index (χ1v) is 9.85. The van der Waals surface area contributed by atoms with Crippen molar-refractivity contribution < 1.29 is 4.39 Å². The van der Waals surface area contributed by atoms with Crippen LogP contribution < -0.4 is 10.6 Å². The Balaban J connectivity index is 0.00000240. The van der Waals surface area contributed by atoms with Gasteiger partial charge in [0.15, 0.2) is 5.96 Å². The number of nitrogens with two attached hydrogens (primary N) is 1. The molecule has 7 nitrogen and oxygen atoms in total. The van der Waals surface area contributed by atoms with Crippen molar-refractivity contribution in [1.29, 1.82) is 0 Å². The molecule has 29 heavy (non-hydrogen) atoms. The molecule has 2 N–H and O–H groups in total. The first-order valence-electron chi connectivity index (χ1n) is 8.97. The third-order valence-corrected chi connectivity index (χ3v) is 5.35. The number of guanidine groups is 1. The predicted molar refractivity (Wildman–Crippen MR) is 124 cm³/mol. The van der Waals surface area contributed by atoms with E-state index in [2.05, 4.69) is 24.8 Å². The van der Waals surface area contributed by atoms with E-state index >= 15 is 0 Å². The third kappa shape index (κ3) is 5.18. The highest BCUT2D eigenvalue weighted by molar-refractivity contribution is 14.0. The molecule has 1 aliphatic rings. The molecule has 0 unspecified atom stereocenters. The van der Waals surface area contributed by atoms with Gasteiger partial charge in [-0.05, 0) is 18.2 Å². The van der Waals surface area contributed by atoms with Gasteiger partial charge in [-0.2, -0.15) is 0 Å². The van der Waals surface area contributed by atoms with Crippen LogP contribution in [0.4, 0.5) is 10.3 Å². The van der Waals surface area contributed by atoms with Crippen LogP contribution in [0.5, 0.6) is 0 Å². The molecule has 0 saturated carbocycles. The fourth-order valence-electron chi connectivity index (χ4n) is 3.01. The minimum Gasteiger partial charge on any atom is -0.370 e. The van der Waals surface area contributed by atoms with E-state index in [4.69, 9.17) is 5.73 Å². The SMILES string of the molecule is I.NC(=NCc1nc(-c2ccccc2F)cs1)N1CCN(c2ncccn2)CC1. The Labute approximate surface area is 189 Å². The summed E-state index contributed by atoms with van der Waals surface area (Å²) < 4.78 is 13.9. The van der Waals surface area contributed by atoms with Crippen LogP contribution in [0.2, 0.25) is 0 Å². The maximum Gasteiger partial charge on any atom is 0.225 e. The number of aromatic nitrogens is 3. The monoisotopic (exact) mass is 525 g/mol. The minimum absolute atomic E-state index is 0. The molecular weight excluding hydrogens is 504 g/mol.